The van der Waals surface area contributed by atoms with Crippen LogP contribution in [0.4, 0.5) is 0 Å². The average molecular weight is 289 g/mol. The van der Waals surface area contributed by atoms with E-state index in [9.17, 15) is 14.9 Å². The SMILES string of the molecule is O=C(C[N+](=O)[O-])Oc1ccccc1.[Ag]. The van der Waals surface area contributed by atoms with E-state index in [1.807, 2.05) is 0 Å². The van der Waals surface area contributed by atoms with Gasteiger partial charge >= 0.3 is 5.97 Å². The minimum Gasteiger partial charge on any atom is -0.422 e. The zero-order chi connectivity index (χ0) is 9.68. The first-order chi connectivity index (χ1) is 6.18. The van der Waals surface area contributed by atoms with Crippen molar-refractivity contribution in [2.45, 2.75) is 0 Å². The molecular formula is C8H7AgNO4. The molecular weight excluding hydrogens is 282 g/mol. The number of nitro groups is 1. The number of esters is 1. The summed E-state index contributed by atoms with van der Waals surface area (Å²) in [6, 6.07) is 8.21. The van der Waals surface area contributed by atoms with Crippen molar-refractivity contribution in [1.82, 2.24) is 0 Å². The summed E-state index contributed by atoms with van der Waals surface area (Å²) in [7, 11) is 0. The quantitative estimate of drug-likeness (QED) is 0.272. The van der Waals surface area contributed by atoms with Crippen molar-refractivity contribution in [3.05, 3.63) is 40.4 Å². The van der Waals surface area contributed by atoms with Gasteiger partial charge in [-0.25, -0.2) is 4.79 Å². The van der Waals surface area contributed by atoms with Gasteiger partial charge in [0.15, 0.2) is 0 Å². The van der Waals surface area contributed by atoms with Gasteiger partial charge in [-0.05, 0) is 12.1 Å². The Kier molecular flexibility index (Phi) is 5.78. The van der Waals surface area contributed by atoms with E-state index in [-0.39, 0.29) is 22.4 Å². The van der Waals surface area contributed by atoms with Gasteiger partial charge in [-0.2, -0.15) is 0 Å². The van der Waals surface area contributed by atoms with Crippen molar-refractivity contribution >= 4 is 5.97 Å². The molecule has 79 valence electrons. The van der Waals surface area contributed by atoms with Crippen LogP contribution in [0, 0.1) is 10.1 Å². The Bertz CT molecular complexity index is 314. The molecule has 0 bridgehead atoms. The van der Waals surface area contributed by atoms with Crippen LogP contribution < -0.4 is 4.74 Å². The molecule has 6 heteroatoms. The molecule has 0 unspecified atom stereocenters. The van der Waals surface area contributed by atoms with E-state index in [1.54, 1.807) is 30.3 Å². The smallest absolute Gasteiger partial charge is 0.383 e. The maximum atomic E-state index is 10.8. The summed E-state index contributed by atoms with van der Waals surface area (Å²) in [4.78, 5) is 19.9. The maximum Gasteiger partial charge on any atom is 0.383 e. The Morgan fingerprint density at radius 3 is 2.43 bits per heavy atom. The third kappa shape index (κ3) is 4.76. The van der Waals surface area contributed by atoms with Gasteiger partial charge < -0.3 is 4.74 Å². The van der Waals surface area contributed by atoms with Crippen molar-refractivity contribution in [3.8, 4) is 5.75 Å². The standard InChI is InChI=1S/C8H7NO4.Ag/c10-8(6-9(11)12)13-7-4-2-1-3-5-7;/h1-5H,6H2;. The maximum absolute atomic E-state index is 10.8. The fourth-order valence-corrected chi connectivity index (χ4v) is 0.758. The van der Waals surface area contributed by atoms with Crippen LogP contribution in [0.2, 0.25) is 0 Å². The largest absolute Gasteiger partial charge is 0.422 e. The van der Waals surface area contributed by atoms with E-state index in [2.05, 4.69) is 4.74 Å². The van der Waals surface area contributed by atoms with E-state index in [1.165, 1.54) is 0 Å². The molecule has 0 atom stereocenters. The van der Waals surface area contributed by atoms with E-state index in [0.29, 0.717) is 5.75 Å². The minimum absolute atomic E-state index is 0. The number of para-hydroxylation sites is 1. The first kappa shape index (κ1) is 12.8. The Hall–Kier alpha value is -1.17. The number of hydrogen-bond donors (Lipinski definition) is 0. The topological polar surface area (TPSA) is 69.4 Å². The van der Waals surface area contributed by atoms with E-state index >= 15 is 0 Å². The molecule has 0 spiro atoms. The van der Waals surface area contributed by atoms with Crippen LogP contribution in [0.5, 0.6) is 5.75 Å². The molecule has 5 nitrogen and oxygen atoms in total. The van der Waals surface area contributed by atoms with Gasteiger partial charge in [-0.15, -0.1) is 0 Å². The number of rotatable bonds is 3. The van der Waals surface area contributed by atoms with Gasteiger partial charge in [0, 0.05) is 27.3 Å². The van der Waals surface area contributed by atoms with E-state index in [0.717, 1.165) is 0 Å². The van der Waals surface area contributed by atoms with Gasteiger partial charge in [0.2, 0.25) is 0 Å². The van der Waals surface area contributed by atoms with Gasteiger partial charge in [0.1, 0.15) is 5.75 Å². The van der Waals surface area contributed by atoms with Crippen molar-refractivity contribution in [2.75, 3.05) is 6.54 Å². The summed E-state index contributed by atoms with van der Waals surface area (Å²) in [6.07, 6.45) is 0. The molecule has 1 aromatic rings. The number of carbonyl (C=O) groups excluding carboxylic acids is 1. The van der Waals surface area contributed by atoms with Gasteiger partial charge in [-0.1, -0.05) is 18.2 Å². The average Bonchev–Trinajstić information content (AvgIpc) is 2.04. The Balaban J connectivity index is 0.00000169. The third-order valence-electron chi connectivity index (χ3n) is 1.23. The monoisotopic (exact) mass is 288 g/mol. The van der Waals surface area contributed by atoms with Crippen LogP contribution in [-0.4, -0.2) is 17.4 Å². The molecule has 1 rings (SSSR count). The van der Waals surface area contributed by atoms with Crippen molar-refractivity contribution in [3.63, 3.8) is 0 Å². The first-order valence-electron chi connectivity index (χ1n) is 3.56. The second kappa shape index (κ2) is 6.31. The molecule has 0 N–H and O–H groups in total. The molecule has 0 aliphatic carbocycles. The third-order valence-corrected chi connectivity index (χ3v) is 1.23. The number of nitrogens with zero attached hydrogens (tertiary/aromatic N) is 1. The van der Waals surface area contributed by atoms with Crippen molar-refractivity contribution in [1.29, 1.82) is 0 Å². The summed E-state index contributed by atoms with van der Waals surface area (Å²) in [6.45, 7) is -0.811. The summed E-state index contributed by atoms with van der Waals surface area (Å²) in [5.41, 5.74) is 0. The van der Waals surface area contributed by atoms with Crippen molar-refractivity contribution in [2.24, 2.45) is 0 Å². The minimum atomic E-state index is -0.865. The van der Waals surface area contributed by atoms with E-state index in [4.69, 9.17) is 0 Å². The van der Waals surface area contributed by atoms with Crippen LogP contribution in [0.15, 0.2) is 30.3 Å². The number of ether oxygens (including phenoxy) is 1. The first-order valence-corrected chi connectivity index (χ1v) is 3.56. The predicted octanol–water partition coefficient (Wildman–Crippen LogP) is 0.866. The molecule has 14 heavy (non-hydrogen) atoms. The Labute approximate surface area is 95.7 Å². The molecule has 1 radical (unpaired) electrons. The summed E-state index contributed by atoms with van der Waals surface area (Å²) < 4.78 is 4.64. The van der Waals surface area contributed by atoms with Gasteiger partial charge in [-0.3, -0.25) is 10.1 Å². The summed E-state index contributed by atoms with van der Waals surface area (Å²) in [5, 5.41) is 9.90. The fraction of sp³-hybridized carbons (Fsp3) is 0.125. The molecule has 0 saturated carbocycles. The Morgan fingerprint density at radius 2 is 1.93 bits per heavy atom. The van der Waals surface area contributed by atoms with Gasteiger partial charge in [0.25, 0.3) is 6.54 Å². The fourth-order valence-electron chi connectivity index (χ4n) is 0.758. The van der Waals surface area contributed by atoms with Gasteiger partial charge in [0.05, 0.1) is 0 Å². The number of hydrogen-bond acceptors (Lipinski definition) is 4. The molecule has 0 aliphatic rings. The molecule has 0 saturated heterocycles. The second-order valence-corrected chi connectivity index (χ2v) is 2.28. The van der Waals surface area contributed by atoms with Crippen LogP contribution >= 0.6 is 0 Å². The number of carbonyl (C=O) groups is 1. The molecule has 0 heterocycles. The van der Waals surface area contributed by atoms with E-state index < -0.39 is 17.4 Å². The normalized spacial score (nSPS) is 8.57. The van der Waals surface area contributed by atoms with Crippen LogP contribution in [0.25, 0.3) is 0 Å². The zero-order valence-electron chi connectivity index (χ0n) is 6.98. The van der Waals surface area contributed by atoms with Crippen LogP contribution in [0.1, 0.15) is 0 Å². The molecule has 0 aromatic heterocycles. The molecule has 0 aliphatic heterocycles. The summed E-state index contributed by atoms with van der Waals surface area (Å²) >= 11 is 0. The summed E-state index contributed by atoms with van der Waals surface area (Å²) in [5.74, 6) is -0.550. The molecule has 1 aromatic carbocycles. The second-order valence-electron chi connectivity index (χ2n) is 2.28. The zero-order valence-corrected chi connectivity index (χ0v) is 8.46. The predicted molar refractivity (Wildman–Crippen MR) is 43.9 cm³/mol. The van der Waals surface area contributed by atoms with Crippen molar-refractivity contribution < 1.29 is 36.8 Å². The Morgan fingerprint density at radius 1 is 1.36 bits per heavy atom. The number of benzene rings is 1. The van der Waals surface area contributed by atoms with Crippen LogP contribution in [-0.2, 0) is 27.2 Å². The molecule has 0 fully saturated rings. The molecule has 0 amide bonds. The van der Waals surface area contributed by atoms with Crippen LogP contribution in [0.3, 0.4) is 0 Å².